The minimum absolute atomic E-state index is 0.645. The maximum absolute atomic E-state index is 5.82. The van der Waals surface area contributed by atoms with Crippen LogP contribution in [0.2, 0.25) is 0 Å². The Morgan fingerprint density at radius 1 is 1.00 bits per heavy atom. The van der Waals surface area contributed by atoms with Crippen molar-refractivity contribution in [3.8, 4) is 17.2 Å². The van der Waals surface area contributed by atoms with E-state index in [9.17, 15) is 0 Å². The van der Waals surface area contributed by atoms with Crippen molar-refractivity contribution in [2.45, 2.75) is 26.2 Å². The highest BCUT2D eigenvalue weighted by Crippen LogP contribution is 2.37. The summed E-state index contributed by atoms with van der Waals surface area (Å²) in [5, 5.41) is 2.11. The Morgan fingerprint density at radius 3 is 2.59 bits per heavy atom. The molecular formula is C18H23ClO3. The highest BCUT2D eigenvalue weighted by molar-refractivity contribution is 6.17. The van der Waals surface area contributed by atoms with Crippen LogP contribution in [0.5, 0.6) is 17.2 Å². The molecule has 2 rings (SSSR count). The van der Waals surface area contributed by atoms with E-state index in [0.29, 0.717) is 12.5 Å². The van der Waals surface area contributed by atoms with E-state index in [1.54, 1.807) is 7.11 Å². The van der Waals surface area contributed by atoms with Gasteiger partial charge in [0.1, 0.15) is 5.75 Å². The number of unbranched alkanes of at least 4 members (excludes halogenated alkanes) is 1. The summed E-state index contributed by atoms with van der Waals surface area (Å²) in [4.78, 5) is 0. The lowest BCUT2D eigenvalue weighted by molar-refractivity contribution is 0.290. The first kappa shape index (κ1) is 16.8. The van der Waals surface area contributed by atoms with Gasteiger partial charge in [-0.3, -0.25) is 0 Å². The third-order valence-corrected chi connectivity index (χ3v) is 3.64. The third-order valence-electron chi connectivity index (χ3n) is 3.37. The lowest BCUT2D eigenvalue weighted by Gasteiger charge is -2.14. The predicted octanol–water partition coefficient (Wildman–Crippen LogP) is 5.04. The molecule has 2 aromatic rings. The number of methoxy groups -OCH3 is 1. The summed E-state index contributed by atoms with van der Waals surface area (Å²) >= 11 is 5.68. The molecule has 0 heterocycles. The van der Waals surface area contributed by atoms with Crippen LogP contribution in [-0.4, -0.2) is 26.2 Å². The van der Waals surface area contributed by atoms with Gasteiger partial charge < -0.3 is 14.2 Å². The zero-order chi connectivity index (χ0) is 15.8. The van der Waals surface area contributed by atoms with E-state index in [-0.39, 0.29) is 0 Å². The van der Waals surface area contributed by atoms with Gasteiger partial charge in [0, 0.05) is 11.3 Å². The quantitative estimate of drug-likeness (QED) is 0.478. The zero-order valence-electron chi connectivity index (χ0n) is 13.2. The van der Waals surface area contributed by atoms with Gasteiger partial charge in [-0.2, -0.15) is 0 Å². The number of rotatable bonds is 9. The first-order chi connectivity index (χ1) is 10.8. The van der Waals surface area contributed by atoms with Crippen molar-refractivity contribution in [1.29, 1.82) is 0 Å². The molecule has 2 aromatic carbocycles. The summed E-state index contributed by atoms with van der Waals surface area (Å²) < 4.78 is 17.0. The molecule has 0 spiro atoms. The molecule has 0 amide bonds. The molecule has 120 valence electrons. The van der Waals surface area contributed by atoms with Crippen molar-refractivity contribution >= 4 is 22.4 Å². The molecule has 0 aliphatic heterocycles. The number of alkyl halides is 1. The fraction of sp³-hybridized carbons (Fsp3) is 0.444. The highest BCUT2D eigenvalue weighted by atomic mass is 35.5. The molecular weight excluding hydrogens is 300 g/mol. The van der Waals surface area contributed by atoms with Gasteiger partial charge in [0.25, 0.3) is 0 Å². The second-order valence-corrected chi connectivity index (χ2v) is 5.45. The van der Waals surface area contributed by atoms with Crippen LogP contribution in [-0.2, 0) is 0 Å². The van der Waals surface area contributed by atoms with Gasteiger partial charge >= 0.3 is 0 Å². The summed E-state index contributed by atoms with van der Waals surface area (Å²) in [5.41, 5.74) is 0. The van der Waals surface area contributed by atoms with Crippen LogP contribution in [0.15, 0.2) is 30.3 Å². The first-order valence-electron chi connectivity index (χ1n) is 7.72. The Balaban J connectivity index is 2.21. The van der Waals surface area contributed by atoms with E-state index in [1.165, 1.54) is 0 Å². The fourth-order valence-electron chi connectivity index (χ4n) is 2.27. The smallest absolute Gasteiger partial charge is 0.168 e. The lowest BCUT2D eigenvalue weighted by atomic mass is 10.1. The fourth-order valence-corrected chi connectivity index (χ4v) is 2.46. The molecule has 0 unspecified atom stereocenters. The van der Waals surface area contributed by atoms with Crippen LogP contribution in [0.1, 0.15) is 26.2 Å². The summed E-state index contributed by atoms with van der Waals surface area (Å²) in [6.07, 6.45) is 2.89. The molecule has 0 saturated carbocycles. The van der Waals surface area contributed by atoms with Crippen LogP contribution >= 0.6 is 11.6 Å². The molecule has 0 atom stereocenters. The van der Waals surface area contributed by atoms with Gasteiger partial charge in [-0.1, -0.05) is 13.0 Å². The Kier molecular flexibility index (Phi) is 6.66. The van der Waals surface area contributed by atoms with E-state index in [0.717, 1.165) is 53.9 Å². The predicted molar refractivity (Wildman–Crippen MR) is 91.7 cm³/mol. The standard InChI is InChI=1S/C18H23ClO3/c1-3-11-21-15-7-8-16-14(13-15)6-9-17(18(16)20-2)22-12-5-4-10-19/h6-9,13H,3-5,10-12H2,1-2H3. The molecule has 0 aliphatic carbocycles. The number of hydrogen-bond acceptors (Lipinski definition) is 3. The maximum Gasteiger partial charge on any atom is 0.168 e. The Hall–Kier alpha value is -1.61. The van der Waals surface area contributed by atoms with Crippen molar-refractivity contribution in [1.82, 2.24) is 0 Å². The van der Waals surface area contributed by atoms with E-state index in [2.05, 4.69) is 6.92 Å². The van der Waals surface area contributed by atoms with Crippen LogP contribution in [0.25, 0.3) is 10.8 Å². The number of hydrogen-bond donors (Lipinski definition) is 0. The molecule has 0 aliphatic rings. The number of ether oxygens (including phenoxy) is 3. The SMILES string of the molecule is CCCOc1ccc2c(OC)c(OCCCCCl)ccc2c1. The normalized spacial score (nSPS) is 10.7. The number of halogens is 1. The molecule has 22 heavy (non-hydrogen) atoms. The minimum Gasteiger partial charge on any atom is -0.494 e. The van der Waals surface area contributed by atoms with E-state index < -0.39 is 0 Å². The average molecular weight is 323 g/mol. The van der Waals surface area contributed by atoms with Crippen molar-refractivity contribution in [3.05, 3.63) is 30.3 Å². The van der Waals surface area contributed by atoms with Gasteiger partial charge in [0.05, 0.1) is 20.3 Å². The lowest BCUT2D eigenvalue weighted by Crippen LogP contribution is -2.00. The van der Waals surface area contributed by atoms with Crippen LogP contribution in [0.3, 0.4) is 0 Å². The Labute approximate surface area is 137 Å². The molecule has 4 heteroatoms. The molecule has 0 saturated heterocycles. The Morgan fingerprint density at radius 2 is 1.86 bits per heavy atom. The van der Waals surface area contributed by atoms with Gasteiger partial charge in [0.15, 0.2) is 11.5 Å². The summed E-state index contributed by atoms with van der Waals surface area (Å²) in [7, 11) is 1.67. The molecule has 3 nitrogen and oxygen atoms in total. The van der Waals surface area contributed by atoms with Gasteiger partial charge in [-0.05, 0) is 48.9 Å². The zero-order valence-corrected chi connectivity index (χ0v) is 14.0. The van der Waals surface area contributed by atoms with E-state index >= 15 is 0 Å². The van der Waals surface area contributed by atoms with Gasteiger partial charge in [0.2, 0.25) is 0 Å². The number of benzene rings is 2. The van der Waals surface area contributed by atoms with Crippen molar-refractivity contribution in [2.24, 2.45) is 0 Å². The Bertz CT molecular complexity index is 598. The summed E-state index contributed by atoms with van der Waals surface area (Å²) in [6, 6.07) is 10.0. The second-order valence-electron chi connectivity index (χ2n) is 5.07. The molecule has 0 bridgehead atoms. The number of fused-ring (bicyclic) bond motifs is 1. The molecule has 0 aromatic heterocycles. The summed E-state index contributed by atoms with van der Waals surface area (Å²) in [6.45, 7) is 3.47. The van der Waals surface area contributed by atoms with Gasteiger partial charge in [-0.15, -0.1) is 11.6 Å². The average Bonchev–Trinajstić information content (AvgIpc) is 2.56. The third kappa shape index (κ3) is 4.20. The summed E-state index contributed by atoms with van der Waals surface area (Å²) in [5.74, 6) is 3.09. The maximum atomic E-state index is 5.82. The molecule has 0 fully saturated rings. The molecule has 0 radical (unpaired) electrons. The van der Waals surface area contributed by atoms with Crippen molar-refractivity contribution in [3.63, 3.8) is 0 Å². The minimum atomic E-state index is 0.645. The largest absolute Gasteiger partial charge is 0.494 e. The topological polar surface area (TPSA) is 27.7 Å². The van der Waals surface area contributed by atoms with Crippen LogP contribution in [0, 0.1) is 0 Å². The van der Waals surface area contributed by atoms with Crippen LogP contribution < -0.4 is 14.2 Å². The highest BCUT2D eigenvalue weighted by Gasteiger charge is 2.10. The van der Waals surface area contributed by atoms with E-state index in [1.807, 2.05) is 30.3 Å². The monoisotopic (exact) mass is 322 g/mol. The van der Waals surface area contributed by atoms with Gasteiger partial charge in [-0.25, -0.2) is 0 Å². The van der Waals surface area contributed by atoms with Crippen molar-refractivity contribution < 1.29 is 14.2 Å². The van der Waals surface area contributed by atoms with Crippen molar-refractivity contribution in [2.75, 3.05) is 26.2 Å². The second kappa shape index (κ2) is 8.74. The first-order valence-corrected chi connectivity index (χ1v) is 8.26. The molecule has 0 N–H and O–H groups in total. The van der Waals surface area contributed by atoms with E-state index in [4.69, 9.17) is 25.8 Å². The van der Waals surface area contributed by atoms with Crippen LogP contribution in [0.4, 0.5) is 0 Å².